The fraction of sp³-hybridized carbons (Fsp3) is 0.250. The van der Waals surface area contributed by atoms with Crippen molar-refractivity contribution in [2.24, 2.45) is 0 Å². The molecule has 0 saturated carbocycles. The van der Waals surface area contributed by atoms with Gasteiger partial charge in [-0.15, -0.1) is 11.3 Å². The van der Waals surface area contributed by atoms with E-state index in [0.29, 0.717) is 17.2 Å². The number of carbonyl (C=O) groups is 1. The molecule has 6 heteroatoms. The van der Waals surface area contributed by atoms with E-state index in [0.717, 1.165) is 16.3 Å². The summed E-state index contributed by atoms with van der Waals surface area (Å²) in [4.78, 5) is 16.3. The van der Waals surface area contributed by atoms with Gasteiger partial charge in [-0.1, -0.05) is 0 Å². The Morgan fingerprint density at radius 3 is 2.50 bits per heavy atom. The summed E-state index contributed by atoms with van der Waals surface area (Å²) in [5.74, 6) is 0.981. The molecule has 0 atom stereocenters. The Labute approximate surface area is 133 Å². The Morgan fingerprint density at radius 2 is 1.91 bits per heavy atom. The van der Waals surface area contributed by atoms with Gasteiger partial charge in [0.15, 0.2) is 11.5 Å². The molecule has 0 aliphatic heterocycles. The maximum Gasteiger partial charge on any atom is 0.248 e. The number of hydrogen-bond acceptors (Lipinski definition) is 5. The van der Waals surface area contributed by atoms with Crippen LogP contribution in [-0.4, -0.2) is 25.1 Å². The second-order valence-electron chi connectivity index (χ2n) is 4.64. The number of nitrogens with zero attached hydrogens (tertiary/aromatic N) is 1. The quantitative estimate of drug-likeness (QED) is 0.858. The number of ether oxygens (including phenoxy) is 2. The van der Waals surface area contributed by atoms with E-state index < -0.39 is 0 Å². The Kier molecular flexibility index (Phi) is 5.16. The summed E-state index contributed by atoms with van der Waals surface area (Å²) in [6.07, 6.45) is 3.15. The zero-order chi connectivity index (χ0) is 16.1. The lowest BCUT2D eigenvalue weighted by Crippen LogP contribution is -2.09. The van der Waals surface area contributed by atoms with Gasteiger partial charge in [-0.05, 0) is 31.6 Å². The zero-order valence-electron chi connectivity index (χ0n) is 13.0. The average molecular weight is 318 g/mol. The molecule has 0 radical (unpaired) electrons. The van der Waals surface area contributed by atoms with Crippen molar-refractivity contribution in [1.82, 2.24) is 4.98 Å². The molecule has 1 heterocycles. The van der Waals surface area contributed by atoms with Crippen LogP contribution in [0.1, 0.15) is 16.3 Å². The second kappa shape index (κ2) is 7.09. The van der Waals surface area contributed by atoms with Crippen molar-refractivity contribution in [3.8, 4) is 11.5 Å². The van der Waals surface area contributed by atoms with Gasteiger partial charge in [0.1, 0.15) is 0 Å². The van der Waals surface area contributed by atoms with E-state index in [2.05, 4.69) is 10.3 Å². The highest BCUT2D eigenvalue weighted by molar-refractivity contribution is 7.09. The van der Waals surface area contributed by atoms with Gasteiger partial charge in [-0.3, -0.25) is 4.79 Å². The van der Waals surface area contributed by atoms with Gasteiger partial charge in [0.2, 0.25) is 5.91 Å². The van der Waals surface area contributed by atoms with Crippen molar-refractivity contribution in [1.29, 1.82) is 0 Å². The van der Waals surface area contributed by atoms with Crippen LogP contribution in [0.4, 0.5) is 5.69 Å². The van der Waals surface area contributed by atoms with Gasteiger partial charge < -0.3 is 14.8 Å². The van der Waals surface area contributed by atoms with Crippen LogP contribution < -0.4 is 14.8 Å². The van der Waals surface area contributed by atoms with E-state index in [1.54, 1.807) is 37.7 Å². The third-order valence-corrected chi connectivity index (χ3v) is 3.82. The number of amides is 1. The highest BCUT2D eigenvalue weighted by atomic mass is 32.1. The van der Waals surface area contributed by atoms with Crippen LogP contribution in [0.25, 0.3) is 6.08 Å². The fourth-order valence-corrected chi connectivity index (χ4v) is 2.49. The number of hydrogen-bond donors (Lipinski definition) is 1. The summed E-state index contributed by atoms with van der Waals surface area (Å²) in [5, 5.41) is 5.70. The van der Waals surface area contributed by atoms with E-state index in [4.69, 9.17) is 9.47 Å². The molecule has 0 unspecified atom stereocenters. The van der Waals surface area contributed by atoms with Crippen LogP contribution in [0.5, 0.6) is 11.5 Å². The zero-order valence-corrected chi connectivity index (χ0v) is 13.8. The molecule has 1 aromatic carbocycles. The van der Waals surface area contributed by atoms with Gasteiger partial charge in [0.25, 0.3) is 0 Å². The van der Waals surface area contributed by atoms with Crippen LogP contribution >= 0.6 is 11.3 Å². The topological polar surface area (TPSA) is 60.5 Å². The first kappa shape index (κ1) is 16.0. The molecule has 116 valence electrons. The molecule has 1 amide bonds. The lowest BCUT2D eigenvalue weighted by Gasteiger charge is -2.12. The number of benzene rings is 1. The van der Waals surface area contributed by atoms with Crippen molar-refractivity contribution in [2.75, 3.05) is 19.5 Å². The SMILES string of the molecule is COc1cc(C)c(NC(=O)/C=C/c2csc(C)n2)cc1OC. The molecular weight excluding hydrogens is 300 g/mol. The van der Waals surface area contributed by atoms with Gasteiger partial charge in [-0.25, -0.2) is 4.98 Å². The van der Waals surface area contributed by atoms with Crippen molar-refractivity contribution >= 4 is 29.0 Å². The molecule has 1 N–H and O–H groups in total. The minimum atomic E-state index is -0.221. The molecule has 22 heavy (non-hydrogen) atoms. The van der Waals surface area contributed by atoms with E-state index >= 15 is 0 Å². The van der Waals surface area contributed by atoms with Crippen molar-refractivity contribution in [3.63, 3.8) is 0 Å². The Bertz CT molecular complexity index is 707. The molecule has 0 fully saturated rings. The molecular formula is C16H18N2O3S. The predicted molar refractivity (Wildman–Crippen MR) is 88.8 cm³/mol. The molecule has 0 spiro atoms. The lowest BCUT2D eigenvalue weighted by molar-refractivity contribution is -0.111. The summed E-state index contributed by atoms with van der Waals surface area (Å²) < 4.78 is 10.5. The summed E-state index contributed by atoms with van der Waals surface area (Å²) in [7, 11) is 3.14. The number of thiazole rings is 1. The summed E-state index contributed by atoms with van der Waals surface area (Å²) in [6, 6.07) is 3.56. The third kappa shape index (κ3) is 3.85. The third-order valence-electron chi connectivity index (χ3n) is 3.03. The molecule has 0 saturated heterocycles. The maximum atomic E-state index is 12.0. The molecule has 0 bridgehead atoms. The van der Waals surface area contributed by atoms with E-state index in [9.17, 15) is 4.79 Å². The average Bonchev–Trinajstić information content (AvgIpc) is 2.92. The first-order valence-electron chi connectivity index (χ1n) is 6.67. The van der Waals surface area contributed by atoms with E-state index in [1.807, 2.05) is 25.3 Å². The summed E-state index contributed by atoms with van der Waals surface area (Å²) in [6.45, 7) is 3.82. The van der Waals surface area contributed by atoms with Crippen LogP contribution in [0, 0.1) is 13.8 Å². The van der Waals surface area contributed by atoms with Crippen molar-refractivity contribution in [2.45, 2.75) is 13.8 Å². The highest BCUT2D eigenvalue weighted by Crippen LogP contribution is 2.32. The predicted octanol–water partition coefficient (Wildman–Crippen LogP) is 3.43. The van der Waals surface area contributed by atoms with Crippen molar-refractivity contribution in [3.05, 3.63) is 39.9 Å². The van der Waals surface area contributed by atoms with Crippen LogP contribution in [0.15, 0.2) is 23.6 Å². The number of aromatic nitrogens is 1. The number of carbonyl (C=O) groups excluding carboxylic acids is 1. The molecule has 5 nitrogen and oxygen atoms in total. The van der Waals surface area contributed by atoms with E-state index in [1.165, 1.54) is 6.08 Å². The first-order valence-corrected chi connectivity index (χ1v) is 7.55. The molecule has 2 rings (SSSR count). The summed E-state index contributed by atoms with van der Waals surface area (Å²) >= 11 is 1.55. The summed E-state index contributed by atoms with van der Waals surface area (Å²) in [5.41, 5.74) is 2.35. The standard InChI is InChI=1S/C16H18N2O3S/c1-10-7-14(20-3)15(21-4)8-13(10)18-16(19)6-5-12-9-22-11(2)17-12/h5-9H,1-4H3,(H,18,19)/b6-5+. The lowest BCUT2D eigenvalue weighted by atomic mass is 10.1. The van der Waals surface area contributed by atoms with Crippen LogP contribution in [0.2, 0.25) is 0 Å². The smallest absolute Gasteiger partial charge is 0.248 e. The Hall–Kier alpha value is -2.34. The minimum Gasteiger partial charge on any atom is -0.493 e. The second-order valence-corrected chi connectivity index (χ2v) is 5.70. The molecule has 2 aromatic rings. The normalized spacial score (nSPS) is 10.7. The largest absolute Gasteiger partial charge is 0.493 e. The van der Waals surface area contributed by atoms with Crippen molar-refractivity contribution < 1.29 is 14.3 Å². The van der Waals surface area contributed by atoms with Gasteiger partial charge >= 0.3 is 0 Å². The first-order chi connectivity index (χ1) is 10.5. The van der Waals surface area contributed by atoms with Gasteiger partial charge in [-0.2, -0.15) is 0 Å². The Balaban J connectivity index is 2.12. The number of anilines is 1. The highest BCUT2D eigenvalue weighted by Gasteiger charge is 2.09. The maximum absolute atomic E-state index is 12.0. The molecule has 0 aliphatic rings. The van der Waals surface area contributed by atoms with Crippen LogP contribution in [-0.2, 0) is 4.79 Å². The van der Waals surface area contributed by atoms with Crippen LogP contribution in [0.3, 0.4) is 0 Å². The van der Waals surface area contributed by atoms with Gasteiger partial charge in [0, 0.05) is 23.2 Å². The fourth-order valence-electron chi connectivity index (χ4n) is 1.91. The number of methoxy groups -OCH3 is 2. The van der Waals surface area contributed by atoms with Gasteiger partial charge in [0.05, 0.1) is 24.9 Å². The Morgan fingerprint density at radius 1 is 1.23 bits per heavy atom. The number of aryl methyl sites for hydroxylation is 2. The number of nitrogens with one attached hydrogen (secondary N) is 1. The minimum absolute atomic E-state index is 0.221. The number of rotatable bonds is 5. The molecule has 1 aromatic heterocycles. The van der Waals surface area contributed by atoms with E-state index in [-0.39, 0.29) is 5.91 Å². The molecule has 0 aliphatic carbocycles. The monoisotopic (exact) mass is 318 g/mol.